The highest BCUT2D eigenvalue weighted by molar-refractivity contribution is 6.37. The van der Waals surface area contributed by atoms with Crippen LogP contribution in [0.25, 0.3) is 11.3 Å². The van der Waals surface area contributed by atoms with E-state index in [1.807, 2.05) is 66.7 Å². The van der Waals surface area contributed by atoms with Gasteiger partial charge in [0.1, 0.15) is 6.54 Å². The molecule has 0 radical (unpaired) electrons. The zero-order chi connectivity index (χ0) is 24.2. The number of rotatable bonds is 6. The van der Waals surface area contributed by atoms with Crippen molar-refractivity contribution < 1.29 is 14.4 Å². The Morgan fingerprint density at radius 1 is 0.882 bits per heavy atom. The third-order valence-corrected chi connectivity index (χ3v) is 5.60. The minimum atomic E-state index is -0.220. The molecule has 0 unspecified atom stereocenters. The predicted molar refractivity (Wildman–Crippen MR) is 135 cm³/mol. The number of carbonyl (C=O) groups is 3. The second kappa shape index (κ2) is 9.62. The molecule has 4 rings (SSSR count). The second-order valence-electron chi connectivity index (χ2n) is 8.18. The zero-order valence-corrected chi connectivity index (χ0v) is 19.3. The van der Waals surface area contributed by atoms with E-state index in [-0.39, 0.29) is 24.3 Å². The molecule has 3 aromatic carbocycles. The van der Waals surface area contributed by atoms with Crippen LogP contribution in [-0.4, -0.2) is 43.3 Å². The van der Waals surface area contributed by atoms with Crippen LogP contribution in [0, 0.1) is 0 Å². The van der Waals surface area contributed by atoms with E-state index >= 15 is 0 Å². The lowest BCUT2D eigenvalue weighted by molar-refractivity contribution is -0.129. The standard InChI is InChI=1S/C27H26N4O3/c1-18(32)31(17-24(33)30(2)3)21-15-13-20(14-16-21)28-26(19-9-5-4-6-10-19)25-22-11-7-8-12-23(22)29-27(25)34/h4-16,28H,17H2,1-3H3,(H,29,34). The number of amides is 3. The van der Waals surface area contributed by atoms with Gasteiger partial charge in [0.25, 0.3) is 5.91 Å². The molecule has 0 bridgehead atoms. The van der Waals surface area contributed by atoms with Crippen LogP contribution in [0.1, 0.15) is 18.1 Å². The van der Waals surface area contributed by atoms with Crippen molar-refractivity contribution in [3.05, 3.63) is 90.0 Å². The predicted octanol–water partition coefficient (Wildman–Crippen LogP) is 4.06. The SMILES string of the molecule is CC(=O)N(CC(=O)N(C)C)c1ccc(NC(=C2C(=O)Nc3ccccc32)c2ccccc2)cc1. The fourth-order valence-corrected chi connectivity index (χ4v) is 3.78. The quantitative estimate of drug-likeness (QED) is 0.551. The van der Waals surface area contributed by atoms with Gasteiger partial charge in [-0.25, -0.2) is 0 Å². The molecule has 0 spiro atoms. The number of anilines is 3. The lowest BCUT2D eigenvalue weighted by atomic mass is 10.00. The van der Waals surface area contributed by atoms with Crippen molar-refractivity contribution in [3.63, 3.8) is 0 Å². The molecular formula is C27H26N4O3. The van der Waals surface area contributed by atoms with Crippen molar-refractivity contribution in [1.82, 2.24) is 4.90 Å². The van der Waals surface area contributed by atoms with E-state index in [0.717, 1.165) is 22.5 Å². The Balaban J connectivity index is 1.70. The van der Waals surface area contributed by atoms with E-state index in [4.69, 9.17) is 0 Å². The summed E-state index contributed by atoms with van der Waals surface area (Å²) in [6.45, 7) is 1.40. The molecule has 7 heteroatoms. The summed E-state index contributed by atoms with van der Waals surface area (Å²) in [5, 5.41) is 6.33. The smallest absolute Gasteiger partial charge is 0.258 e. The third-order valence-electron chi connectivity index (χ3n) is 5.60. The number of fused-ring (bicyclic) bond motifs is 1. The monoisotopic (exact) mass is 454 g/mol. The van der Waals surface area contributed by atoms with E-state index in [0.29, 0.717) is 17.0 Å². The van der Waals surface area contributed by atoms with Crippen LogP contribution in [0.15, 0.2) is 78.9 Å². The number of para-hydroxylation sites is 1. The maximum absolute atomic E-state index is 12.9. The summed E-state index contributed by atoms with van der Waals surface area (Å²) in [4.78, 5) is 40.1. The Morgan fingerprint density at radius 2 is 1.53 bits per heavy atom. The van der Waals surface area contributed by atoms with Crippen molar-refractivity contribution in [2.75, 3.05) is 36.2 Å². The van der Waals surface area contributed by atoms with E-state index in [1.54, 1.807) is 26.2 Å². The van der Waals surface area contributed by atoms with Gasteiger partial charge in [0.15, 0.2) is 0 Å². The van der Waals surface area contributed by atoms with E-state index in [2.05, 4.69) is 10.6 Å². The number of benzene rings is 3. The van der Waals surface area contributed by atoms with Gasteiger partial charge in [0.05, 0.1) is 11.3 Å². The highest BCUT2D eigenvalue weighted by Gasteiger charge is 2.28. The molecule has 3 aromatic rings. The van der Waals surface area contributed by atoms with E-state index in [1.165, 1.54) is 16.7 Å². The Hall–Kier alpha value is -4.39. The lowest BCUT2D eigenvalue weighted by Gasteiger charge is -2.23. The van der Waals surface area contributed by atoms with Gasteiger partial charge in [0, 0.05) is 43.6 Å². The molecule has 0 aromatic heterocycles. The summed E-state index contributed by atoms with van der Waals surface area (Å²) in [6, 6.07) is 24.5. The van der Waals surface area contributed by atoms with Gasteiger partial charge in [-0.1, -0.05) is 48.5 Å². The Morgan fingerprint density at radius 3 is 2.18 bits per heavy atom. The molecule has 1 aliphatic heterocycles. The number of nitrogens with one attached hydrogen (secondary N) is 2. The molecule has 0 fully saturated rings. The van der Waals surface area contributed by atoms with Gasteiger partial charge in [-0.2, -0.15) is 0 Å². The first-order valence-corrected chi connectivity index (χ1v) is 10.9. The van der Waals surface area contributed by atoms with Crippen molar-refractivity contribution in [3.8, 4) is 0 Å². The molecule has 1 heterocycles. The van der Waals surface area contributed by atoms with Crippen LogP contribution in [0.2, 0.25) is 0 Å². The number of hydrogen-bond donors (Lipinski definition) is 2. The summed E-state index contributed by atoms with van der Waals surface area (Å²) in [5.74, 6) is -0.559. The summed E-state index contributed by atoms with van der Waals surface area (Å²) in [6.07, 6.45) is 0. The Labute approximate surface area is 198 Å². The van der Waals surface area contributed by atoms with Crippen LogP contribution < -0.4 is 15.5 Å². The maximum atomic E-state index is 12.9. The molecule has 3 amide bonds. The van der Waals surface area contributed by atoms with Gasteiger partial charge in [-0.05, 0) is 35.9 Å². The number of nitrogens with zero attached hydrogens (tertiary/aromatic N) is 2. The normalized spacial score (nSPS) is 13.6. The molecule has 0 saturated carbocycles. The van der Waals surface area contributed by atoms with Gasteiger partial charge in [-0.3, -0.25) is 14.4 Å². The third kappa shape index (κ3) is 4.68. The summed E-state index contributed by atoms with van der Waals surface area (Å²) < 4.78 is 0. The first-order valence-electron chi connectivity index (χ1n) is 10.9. The lowest BCUT2D eigenvalue weighted by Crippen LogP contribution is -2.39. The van der Waals surface area contributed by atoms with Crippen molar-refractivity contribution in [2.45, 2.75) is 6.92 Å². The zero-order valence-electron chi connectivity index (χ0n) is 19.3. The average molecular weight is 455 g/mol. The van der Waals surface area contributed by atoms with E-state index in [9.17, 15) is 14.4 Å². The first-order chi connectivity index (χ1) is 16.3. The van der Waals surface area contributed by atoms with Crippen LogP contribution in [-0.2, 0) is 14.4 Å². The molecule has 0 aliphatic carbocycles. The van der Waals surface area contributed by atoms with Crippen LogP contribution in [0.5, 0.6) is 0 Å². The maximum Gasteiger partial charge on any atom is 0.258 e. The highest BCUT2D eigenvalue weighted by Crippen LogP contribution is 2.37. The fraction of sp³-hybridized carbons (Fsp3) is 0.148. The van der Waals surface area contributed by atoms with Crippen molar-refractivity contribution in [1.29, 1.82) is 0 Å². The first kappa shape index (κ1) is 22.8. The van der Waals surface area contributed by atoms with Crippen molar-refractivity contribution in [2.24, 2.45) is 0 Å². The van der Waals surface area contributed by atoms with Gasteiger partial charge >= 0.3 is 0 Å². The summed E-state index contributed by atoms with van der Waals surface area (Å²) in [7, 11) is 3.31. The van der Waals surface area contributed by atoms with Crippen LogP contribution in [0.4, 0.5) is 17.1 Å². The fourth-order valence-electron chi connectivity index (χ4n) is 3.78. The molecule has 0 saturated heterocycles. The molecule has 172 valence electrons. The summed E-state index contributed by atoms with van der Waals surface area (Å²) in [5.41, 5.74) is 5.09. The minimum Gasteiger partial charge on any atom is -0.354 e. The van der Waals surface area contributed by atoms with Gasteiger partial charge < -0.3 is 20.4 Å². The van der Waals surface area contributed by atoms with Crippen LogP contribution in [0.3, 0.4) is 0 Å². The minimum absolute atomic E-state index is 0.0363. The highest BCUT2D eigenvalue weighted by atomic mass is 16.2. The second-order valence-corrected chi connectivity index (χ2v) is 8.18. The number of hydrogen-bond acceptors (Lipinski definition) is 4. The number of likely N-dealkylation sites (N-methyl/N-ethyl adjacent to an activating group) is 1. The van der Waals surface area contributed by atoms with Gasteiger partial charge in [-0.15, -0.1) is 0 Å². The molecule has 1 aliphatic rings. The molecule has 34 heavy (non-hydrogen) atoms. The Kier molecular flexibility index (Phi) is 6.45. The molecule has 2 N–H and O–H groups in total. The molecular weight excluding hydrogens is 428 g/mol. The topological polar surface area (TPSA) is 81.8 Å². The molecule has 7 nitrogen and oxygen atoms in total. The van der Waals surface area contributed by atoms with Crippen LogP contribution >= 0.6 is 0 Å². The number of carbonyl (C=O) groups excluding carboxylic acids is 3. The summed E-state index contributed by atoms with van der Waals surface area (Å²) >= 11 is 0. The molecule has 0 atom stereocenters. The van der Waals surface area contributed by atoms with E-state index < -0.39 is 0 Å². The average Bonchev–Trinajstić information content (AvgIpc) is 3.17. The Bertz CT molecular complexity index is 1260. The van der Waals surface area contributed by atoms with Crippen molar-refractivity contribution >= 4 is 46.1 Å². The van der Waals surface area contributed by atoms with Gasteiger partial charge in [0.2, 0.25) is 11.8 Å². The largest absolute Gasteiger partial charge is 0.354 e.